The number of nitrogens with one attached hydrogen (secondary N) is 3. The van der Waals surface area contributed by atoms with Gasteiger partial charge in [-0.15, -0.1) is 0 Å². The van der Waals surface area contributed by atoms with Crippen LogP contribution in [0.15, 0.2) is 41.7 Å². The zero-order valence-electron chi connectivity index (χ0n) is 14.0. The Kier molecular flexibility index (Phi) is 5.13. The number of amides is 2. The third-order valence-electron chi connectivity index (χ3n) is 4.16. The minimum Gasteiger partial charge on any atom is -0.346 e. The molecule has 134 valence electrons. The van der Waals surface area contributed by atoms with Crippen molar-refractivity contribution in [3.63, 3.8) is 0 Å². The molecule has 1 aliphatic heterocycles. The van der Waals surface area contributed by atoms with Gasteiger partial charge in [0, 0.05) is 29.6 Å². The fourth-order valence-corrected chi connectivity index (χ4v) is 3.20. The first-order valence-corrected chi connectivity index (χ1v) is 8.56. The molecule has 0 atom stereocenters. The van der Waals surface area contributed by atoms with Gasteiger partial charge < -0.3 is 15.2 Å². The van der Waals surface area contributed by atoms with Crippen molar-refractivity contribution < 1.29 is 9.59 Å². The average Bonchev–Trinajstić information content (AvgIpc) is 2.63. The molecule has 8 heteroatoms. The first kappa shape index (κ1) is 17.8. The van der Waals surface area contributed by atoms with Crippen LogP contribution in [0.4, 0.5) is 5.69 Å². The largest absolute Gasteiger partial charge is 0.346 e. The molecular weight excluding hydrogens is 352 g/mol. The lowest BCUT2D eigenvalue weighted by atomic mass is 9.98. The van der Waals surface area contributed by atoms with Crippen molar-refractivity contribution in [1.29, 1.82) is 0 Å². The zero-order valence-corrected chi connectivity index (χ0v) is 14.8. The topological polar surface area (TPSA) is 98.1 Å². The number of aromatic nitrogens is 2. The number of aromatic amines is 2. The summed E-state index contributed by atoms with van der Waals surface area (Å²) in [5.74, 6) is -0.410. The fraction of sp³-hybridized carbons (Fsp3) is 0.222. The van der Waals surface area contributed by atoms with Gasteiger partial charge in [-0.3, -0.25) is 19.4 Å². The molecule has 1 aromatic heterocycles. The molecule has 0 radical (unpaired) electrons. The number of hydrogen-bond acceptors (Lipinski definition) is 4. The van der Waals surface area contributed by atoms with Crippen LogP contribution in [0.3, 0.4) is 0 Å². The molecule has 3 rings (SSSR count). The SMILES string of the molecule is C=CC(=O)N1CCCc2cc(C(=O)NCc3cc(=O)[nH]c(=S)[nH]3)ccc21. The van der Waals surface area contributed by atoms with E-state index in [1.807, 2.05) is 0 Å². The highest BCUT2D eigenvalue weighted by Crippen LogP contribution is 2.28. The molecule has 0 spiro atoms. The number of fused-ring (bicyclic) bond motifs is 1. The second-order valence-corrected chi connectivity index (χ2v) is 6.34. The Labute approximate surface area is 154 Å². The van der Waals surface area contributed by atoms with Crippen LogP contribution in [0.2, 0.25) is 0 Å². The van der Waals surface area contributed by atoms with Crippen LogP contribution in [0.1, 0.15) is 28.0 Å². The molecule has 26 heavy (non-hydrogen) atoms. The van der Waals surface area contributed by atoms with Crippen molar-refractivity contribution in [1.82, 2.24) is 15.3 Å². The van der Waals surface area contributed by atoms with Gasteiger partial charge >= 0.3 is 0 Å². The van der Waals surface area contributed by atoms with Crippen molar-refractivity contribution in [2.24, 2.45) is 0 Å². The van der Waals surface area contributed by atoms with Crippen LogP contribution >= 0.6 is 12.2 Å². The molecule has 0 unspecified atom stereocenters. The van der Waals surface area contributed by atoms with Crippen molar-refractivity contribution in [3.05, 3.63) is 68.9 Å². The van der Waals surface area contributed by atoms with Gasteiger partial charge in [-0.2, -0.15) is 0 Å². The Morgan fingerprint density at radius 3 is 2.85 bits per heavy atom. The Morgan fingerprint density at radius 2 is 2.12 bits per heavy atom. The predicted octanol–water partition coefficient (Wildman–Crippen LogP) is 1.83. The quantitative estimate of drug-likeness (QED) is 0.565. The van der Waals surface area contributed by atoms with Gasteiger partial charge in [-0.05, 0) is 54.9 Å². The third-order valence-corrected chi connectivity index (χ3v) is 4.36. The molecule has 1 aliphatic rings. The standard InChI is InChI=1S/C18H18N4O3S/c1-2-16(24)22-7-3-4-11-8-12(5-6-14(11)22)17(25)19-10-13-9-15(23)21-18(26)20-13/h2,5-6,8-9H,1,3-4,7,10H2,(H,19,25)(H2,20,21,23,26). The summed E-state index contributed by atoms with van der Waals surface area (Å²) in [5, 5.41) is 2.76. The molecule has 1 aromatic carbocycles. The van der Waals surface area contributed by atoms with Crippen molar-refractivity contribution in [3.8, 4) is 0 Å². The number of rotatable bonds is 4. The van der Waals surface area contributed by atoms with Gasteiger partial charge in [0.15, 0.2) is 4.77 Å². The second kappa shape index (κ2) is 7.49. The summed E-state index contributed by atoms with van der Waals surface area (Å²) in [5.41, 5.74) is 2.47. The maximum atomic E-state index is 12.4. The summed E-state index contributed by atoms with van der Waals surface area (Å²) in [6.45, 7) is 4.33. The average molecular weight is 370 g/mol. The molecule has 0 saturated heterocycles. The smallest absolute Gasteiger partial charge is 0.251 e. The number of hydrogen-bond donors (Lipinski definition) is 3. The van der Waals surface area contributed by atoms with Gasteiger partial charge in [0.25, 0.3) is 11.5 Å². The lowest BCUT2D eigenvalue weighted by Gasteiger charge is -2.28. The molecule has 2 amide bonds. The van der Waals surface area contributed by atoms with Crippen LogP contribution in [0, 0.1) is 4.77 Å². The van der Waals surface area contributed by atoms with Crippen LogP contribution < -0.4 is 15.8 Å². The minimum absolute atomic E-state index is 0.146. The summed E-state index contributed by atoms with van der Waals surface area (Å²) in [6.07, 6.45) is 2.93. The molecule has 2 heterocycles. The van der Waals surface area contributed by atoms with Crippen LogP contribution in [-0.2, 0) is 17.8 Å². The molecule has 3 N–H and O–H groups in total. The zero-order chi connectivity index (χ0) is 18.7. The fourth-order valence-electron chi connectivity index (χ4n) is 2.97. The first-order valence-electron chi connectivity index (χ1n) is 8.15. The number of anilines is 1. The highest BCUT2D eigenvalue weighted by Gasteiger charge is 2.21. The van der Waals surface area contributed by atoms with E-state index in [4.69, 9.17) is 12.2 Å². The molecule has 0 fully saturated rings. The highest BCUT2D eigenvalue weighted by atomic mass is 32.1. The summed E-state index contributed by atoms with van der Waals surface area (Å²) in [6, 6.07) is 6.61. The van der Waals surface area contributed by atoms with E-state index in [1.165, 1.54) is 12.1 Å². The summed E-state index contributed by atoms with van der Waals surface area (Å²) in [7, 11) is 0. The van der Waals surface area contributed by atoms with Gasteiger partial charge in [0.2, 0.25) is 5.91 Å². The van der Waals surface area contributed by atoms with Crippen LogP contribution in [0.25, 0.3) is 0 Å². The van der Waals surface area contributed by atoms with E-state index in [-0.39, 0.29) is 28.7 Å². The molecular formula is C18H18N4O3S. The van der Waals surface area contributed by atoms with E-state index >= 15 is 0 Å². The van der Waals surface area contributed by atoms with Crippen LogP contribution in [0.5, 0.6) is 0 Å². The molecule has 0 saturated carbocycles. The Hall–Kier alpha value is -3.00. The highest BCUT2D eigenvalue weighted by molar-refractivity contribution is 7.71. The van der Waals surface area contributed by atoms with Gasteiger partial charge in [-0.25, -0.2) is 0 Å². The Morgan fingerprint density at radius 1 is 1.31 bits per heavy atom. The number of carbonyl (C=O) groups excluding carboxylic acids is 2. The van der Waals surface area contributed by atoms with E-state index < -0.39 is 0 Å². The van der Waals surface area contributed by atoms with E-state index in [1.54, 1.807) is 23.1 Å². The monoisotopic (exact) mass is 370 g/mol. The number of carbonyl (C=O) groups is 2. The van der Waals surface area contributed by atoms with E-state index in [2.05, 4.69) is 21.9 Å². The summed E-state index contributed by atoms with van der Waals surface area (Å²) in [4.78, 5) is 42.7. The number of benzene rings is 1. The number of nitrogens with zero attached hydrogens (tertiary/aromatic N) is 1. The molecule has 0 bridgehead atoms. The Balaban J connectivity index is 1.76. The molecule has 7 nitrogen and oxygen atoms in total. The van der Waals surface area contributed by atoms with Gasteiger partial charge in [0.05, 0.1) is 6.54 Å². The van der Waals surface area contributed by atoms with Gasteiger partial charge in [-0.1, -0.05) is 6.58 Å². The number of aryl methyl sites for hydroxylation is 1. The minimum atomic E-state index is -0.321. The lowest BCUT2D eigenvalue weighted by molar-refractivity contribution is -0.114. The molecule has 0 aliphatic carbocycles. The maximum absolute atomic E-state index is 12.4. The van der Waals surface area contributed by atoms with Crippen molar-refractivity contribution in [2.45, 2.75) is 19.4 Å². The third kappa shape index (κ3) is 3.80. The van der Waals surface area contributed by atoms with Crippen LogP contribution in [-0.4, -0.2) is 28.3 Å². The van der Waals surface area contributed by atoms with Gasteiger partial charge in [0.1, 0.15) is 0 Å². The Bertz CT molecular complexity index is 964. The normalized spacial score (nSPS) is 13.0. The summed E-state index contributed by atoms with van der Waals surface area (Å²) < 4.78 is 0.211. The van der Waals surface area contributed by atoms with E-state index in [0.29, 0.717) is 17.8 Å². The predicted molar refractivity (Wildman–Crippen MR) is 101 cm³/mol. The van der Waals surface area contributed by atoms with E-state index in [0.717, 1.165) is 24.1 Å². The van der Waals surface area contributed by atoms with Crippen molar-refractivity contribution >= 4 is 29.7 Å². The summed E-state index contributed by atoms with van der Waals surface area (Å²) >= 11 is 4.91. The lowest BCUT2D eigenvalue weighted by Crippen LogP contribution is -2.34. The maximum Gasteiger partial charge on any atom is 0.251 e. The number of H-pyrrole nitrogens is 2. The first-order chi connectivity index (χ1) is 12.5. The molecule has 2 aromatic rings. The van der Waals surface area contributed by atoms with E-state index in [9.17, 15) is 14.4 Å². The van der Waals surface area contributed by atoms with Crippen molar-refractivity contribution in [2.75, 3.05) is 11.4 Å². The second-order valence-electron chi connectivity index (χ2n) is 5.94.